The van der Waals surface area contributed by atoms with Crippen LogP contribution < -0.4 is 0 Å². The van der Waals surface area contributed by atoms with Gasteiger partial charge in [-0.3, -0.25) is 4.79 Å². The van der Waals surface area contributed by atoms with Crippen LogP contribution in [0.25, 0.3) is 11.3 Å². The zero-order chi connectivity index (χ0) is 22.1. The zero-order valence-corrected chi connectivity index (χ0v) is 18.1. The summed E-state index contributed by atoms with van der Waals surface area (Å²) in [6, 6.07) is 9.32. The highest BCUT2D eigenvalue weighted by Gasteiger charge is 2.28. The quantitative estimate of drug-likeness (QED) is 0.586. The van der Waals surface area contributed by atoms with Crippen molar-refractivity contribution < 1.29 is 22.0 Å². The van der Waals surface area contributed by atoms with Gasteiger partial charge in [0.1, 0.15) is 5.82 Å². The fourth-order valence-electron chi connectivity index (χ4n) is 3.39. The predicted molar refractivity (Wildman–Crippen MR) is 111 cm³/mol. The van der Waals surface area contributed by atoms with Gasteiger partial charge in [0.2, 0.25) is 5.91 Å². The second kappa shape index (κ2) is 8.39. The molecule has 0 aliphatic rings. The van der Waals surface area contributed by atoms with Crippen LogP contribution in [0.15, 0.2) is 51.9 Å². The average Bonchev–Trinajstić information content (AvgIpc) is 3.14. The van der Waals surface area contributed by atoms with Gasteiger partial charge in [0.15, 0.2) is 11.7 Å². The topological polar surface area (TPSA) is 80.5 Å². The Labute approximate surface area is 175 Å². The van der Waals surface area contributed by atoms with E-state index >= 15 is 0 Å². The van der Waals surface area contributed by atoms with E-state index in [1.165, 1.54) is 25.4 Å². The molecule has 0 fully saturated rings. The van der Waals surface area contributed by atoms with E-state index in [4.69, 9.17) is 4.42 Å². The van der Waals surface area contributed by atoms with Crippen molar-refractivity contribution in [3.8, 4) is 11.3 Å². The number of carbonyl (C=O) groups excluding carboxylic acids is 1. The van der Waals surface area contributed by atoms with E-state index in [9.17, 15) is 17.6 Å². The fraction of sp³-hybridized carbons (Fsp3) is 0.273. The van der Waals surface area contributed by atoms with Crippen molar-refractivity contribution in [1.29, 1.82) is 0 Å². The van der Waals surface area contributed by atoms with Gasteiger partial charge in [0.25, 0.3) is 10.0 Å². The average molecular weight is 431 g/mol. The Kier molecular flexibility index (Phi) is 6.07. The molecule has 0 atom stereocenters. The Bertz CT molecular complexity index is 1160. The molecule has 0 aliphatic heterocycles. The second-order valence-corrected chi connectivity index (χ2v) is 9.13. The third-order valence-electron chi connectivity index (χ3n) is 4.81. The molecule has 3 aromatic rings. The van der Waals surface area contributed by atoms with Gasteiger partial charge in [-0.05, 0) is 56.2 Å². The van der Waals surface area contributed by atoms with E-state index in [0.29, 0.717) is 28.3 Å². The molecule has 0 N–H and O–H groups in total. The van der Waals surface area contributed by atoms with Crippen molar-refractivity contribution in [2.45, 2.75) is 38.5 Å². The third-order valence-corrected chi connectivity index (χ3v) is 6.89. The first-order valence-corrected chi connectivity index (χ1v) is 10.8. The Hall–Kier alpha value is -3.00. The molecule has 0 spiro atoms. The van der Waals surface area contributed by atoms with E-state index in [1.54, 1.807) is 38.1 Å². The lowest BCUT2D eigenvalue weighted by molar-refractivity contribution is -0.125. The highest BCUT2D eigenvalue weighted by Crippen LogP contribution is 2.25. The number of hydrogen-bond donors (Lipinski definition) is 0. The van der Waals surface area contributed by atoms with Gasteiger partial charge in [-0.15, -0.1) is 0 Å². The van der Waals surface area contributed by atoms with Crippen LogP contribution >= 0.6 is 0 Å². The van der Waals surface area contributed by atoms with E-state index in [1.807, 2.05) is 6.92 Å². The molecule has 0 radical (unpaired) electrons. The van der Waals surface area contributed by atoms with Crippen molar-refractivity contribution in [2.75, 3.05) is 7.05 Å². The minimum absolute atomic E-state index is 0.0803. The molecule has 0 saturated heterocycles. The molecule has 0 unspecified atom stereocenters. The number of hydrogen-bond acceptors (Lipinski definition) is 5. The highest BCUT2D eigenvalue weighted by atomic mass is 32.2. The van der Waals surface area contributed by atoms with E-state index in [2.05, 4.69) is 4.98 Å². The van der Waals surface area contributed by atoms with E-state index in [0.717, 1.165) is 9.87 Å². The predicted octanol–water partition coefficient (Wildman–Crippen LogP) is 4.19. The summed E-state index contributed by atoms with van der Waals surface area (Å²) in [5, 5.41) is 0. The van der Waals surface area contributed by atoms with Gasteiger partial charge in [0, 0.05) is 25.5 Å². The number of amides is 1. The normalized spacial score (nSPS) is 11.5. The largest absolute Gasteiger partial charge is 0.441 e. The molecule has 2 aromatic carbocycles. The first-order valence-electron chi connectivity index (χ1n) is 9.40. The number of oxazole rings is 1. The SMILES string of the molecule is Cc1cc(C)c(S(=O)(=O)N(C)C(=O)CCc2ncc(-c3ccc(F)cc3)o2)c(C)c1. The van der Waals surface area contributed by atoms with Gasteiger partial charge in [-0.1, -0.05) is 17.7 Å². The fourth-order valence-corrected chi connectivity index (χ4v) is 4.95. The minimum atomic E-state index is -3.97. The molecule has 6 nitrogen and oxygen atoms in total. The van der Waals surface area contributed by atoms with E-state index in [-0.39, 0.29) is 23.6 Å². The van der Waals surface area contributed by atoms with Crippen molar-refractivity contribution in [1.82, 2.24) is 9.29 Å². The lowest BCUT2D eigenvalue weighted by atomic mass is 10.1. The number of carbonyl (C=O) groups is 1. The van der Waals surface area contributed by atoms with Crippen LogP contribution in [0.5, 0.6) is 0 Å². The van der Waals surface area contributed by atoms with Crippen LogP contribution in [0.4, 0.5) is 4.39 Å². The lowest BCUT2D eigenvalue weighted by Gasteiger charge is -2.20. The minimum Gasteiger partial charge on any atom is -0.441 e. The maximum Gasteiger partial charge on any atom is 0.266 e. The molecular formula is C22H23FN2O4S. The van der Waals surface area contributed by atoms with Crippen LogP contribution in [0.2, 0.25) is 0 Å². The number of benzene rings is 2. The summed E-state index contributed by atoms with van der Waals surface area (Å²) < 4.78 is 45.4. The molecule has 0 aliphatic carbocycles. The molecule has 3 rings (SSSR count). The zero-order valence-electron chi connectivity index (χ0n) is 17.3. The van der Waals surface area contributed by atoms with Crippen molar-refractivity contribution >= 4 is 15.9 Å². The molecule has 30 heavy (non-hydrogen) atoms. The van der Waals surface area contributed by atoms with Gasteiger partial charge in [-0.25, -0.2) is 22.1 Å². The first-order chi connectivity index (χ1) is 14.1. The Morgan fingerprint density at radius 2 is 1.70 bits per heavy atom. The second-order valence-electron chi connectivity index (χ2n) is 7.22. The molecule has 0 bridgehead atoms. The number of rotatable bonds is 6. The van der Waals surface area contributed by atoms with Gasteiger partial charge < -0.3 is 4.42 Å². The van der Waals surface area contributed by atoms with Crippen molar-refractivity contribution in [2.24, 2.45) is 0 Å². The summed E-state index contributed by atoms with van der Waals surface area (Å²) in [7, 11) is -2.71. The number of nitrogens with zero attached hydrogens (tertiary/aromatic N) is 2. The Morgan fingerprint density at radius 1 is 1.10 bits per heavy atom. The van der Waals surface area contributed by atoms with Crippen LogP contribution in [0.1, 0.15) is 29.0 Å². The summed E-state index contributed by atoms with van der Waals surface area (Å²) in [5.74, 6) is -0.163. The summed E-state index contributed by atoms with van der Waals surface area (Å²) in [6.07, 6.45) is 1.56. The molecule has 158 valence electrons. The third kappa shape index (κ3) is 4.43. The standard InChI is InChI=1S/C22H23FN2O4S/c1-14-11-15(2)22(16(3)12-14)30(27,28)25(4)21(26)10-9-20-24-13-19(29-20)17-5-7-18(23)8-6-17/h5-8,11-13H,9-10H2,1-4H3. The molecule has 1 amide bonds. The maximum atomic E-state index is 13.0. The van der Waals surface area contributed by atoms with Crippen LogP contribution in [0, 0.1) is 26.6 Å². The molecule has 0 saturated carbocycles. The highest BCUT2D eigenvalue weighted by molar-refractivity contribution is 7.89. The molecule has 8 heteroatoms. The lowest BCUT2D eigenvalue weighted by Crippen LogP contribution is -2.34. The molecular weight excluding hydrogens is 407 g/mol. The van der Waals surface area contributed by atoms with Crippen LogP contribution in [-0.2, 0) is 21.2 Å². The van der Waals surface area contributed by atoms with Crippen LogP contribution in [0.3, 0.4) is 0 Å². The number of aryl methyl sites for hydroxylation is 4. The van der Waals surface area contributed by atoms with Gasteiger partial charge in [0.05, 0.1) is 11.1 Å². The molecule has 1 heterocycles. The first kappa shape index (κ1) is 21.7. The number of halogens is 1. The number of sulfonamides is 1. The summed E-state index contributed by atoms with van der Waals surface area (Å²) in [5.41, 5.74) is 2.82. The maximum absolute atomic E-state index is 13.0. The van der Waals surface area contributed by atoms with Gasteiger partial charge >= 0.3 is 0 Å². The monoisotopic (exact) mass is 430 g/mol. The van der Waals surface area contributed by atoms with E-state index < -0.39 is 15.9 Å². The Balaban J connectivity index is 1.71. The summed E-state index contributed by atoms with van der Waals surface area (Å²) in [4.78, 5) is 16.9. The van der Waals surface area contributed by atoms with Crippen LogP contribution in [-0.4, -0.2) is 30.7 Å². The smallest absolute Gasteiger partial charge is 0.266 e. The van der Waals surface area contributed by atoms with Crippen molar-refractivity contribution in [3.05, 3.63) is 71.0 Å². The van der Waals surface area contributed by atoms with Crippen molar-refractivity contribution in [3.63, 3.8) is 0 Å². The number of aromatic nitrogens is 1. The Morgan fingerprint density at radius 3 is 2.30 bits per heavy atom. The summed E-state index contributed by atoms with van der Waals surface area (Å²) >= 11 is 0. The van der Waals surface area contributed by atoms with Gasteiger partial charge in [-0.2, -0.15) is 0 Å². The molecule has 1 aromatic heterocycles. The summed E-state index contributed by atoms with van der Waals surface area (Å²) in [6.45, 7) is 5.33.